The minimum absolute atomic E-state index is 0.00631. The van der Waals surface area contributed by atoms with E-state index < -0.39 is 6.10 Å². The first-order chi connectivity index (χ1) is 16.5. The maximum atomic E-state index is 13.2. The minimum Gasteiger partial charge on any atom is -0.387 e. The molecule has 8 nitrogen and oxygen atoms in total. The second-order valence-corrected chi connectivity index (χ2v) is 8.68. The van der Waals surface area contributed by atoms with Crippen LogP contribution in [-0.4, -0.2) is 68.1 Å². The molecule has 4 aromatic rings. The molecule has 2 N–H and O–H groups in total. The third-order valence-electron chi connectivity index (χ3n) is 6.48. The van der Waals surface area contributed by atoms with Crippen LogP contribution in [0, 0.1) is 0 Å². The van der Waals surface area contributed by atoms with Crippen LogP contribution in [0.4, 0.5) is 0 Å². The zero-order valence-electron chi connectivity index (χ0n) is 19.0. The van der Waals surface area contributed by atoms with Gasteiger partial charge in [-0.3, -0.25) is 19.2 Å². The van der Waals surface area contributed by atoms with Crippen molar-refractivity contribution in [2.75, 3.05) is 32.7 Å². The van der Waals surface area contributed by atoms with Gasteiger partial charge in [-0.25, -0.2) is 9.78 Å². The molecule has 1 aliphatic heterocycles. The van der Waals surface area contributed by atoms with Crippen LogP contribution in [-0.2, 0) is 7.05 Å². The monoisotopic (exact) mass is 457 g/mol. The summed E-state index contributed by atoms with van der Waals surface area (Å²) >= 11 is 0. The molecule has 0 aliphatic carbocycles. The number of amides is 1. The number of aromatic amines is 1. The van der Waals surface area contributed by atoms with Crippen molar-refractivity contribution in [1.82, 2.24) is 24.3 Å². The molecular formula is C26H27N5O3. The predicted molar refractivity (Wildman–Crippen MR) is 131 cm³/mol. The van der Waals surface area contributed by atoms with E-state index in [-0.39, 0.29) is 11.6 Å². The molecule has 1 fully saturated rings. The first kappa shape index (κ1) is 22.1. The number of nitrogens with one attached hydrogen (secondary N) is 1. The van der Waals surface area contributed by atoms with Crippen LogP contribution in [0.3, 0.4) is 0 Å². The summed E-state index contributed by atoms with van der Waals surface area (Å²) in [5.41, 5.74) is 4.30. The number of hydrogen-bond acceptors (Lipinski definition) is 5. The van der Waals surface area contributed by atoms with Gasteiger partial charge in [0.1, 0.15) is 0 Å². The molecule has 174 valence electrons. The van der Waals surface area contributed by atoms with Gasteiger partial charge in [0, 0.05) is 57.1 Å². The van der Waals surface area contributed by atoms with E-state index >= 15 is 0 Å². The number of pyridine rings is 1. The number of hydrogen-bond donors (Lipinski definition) is 2. The standard InChI is InChI=1S/C26H27N5O3/c1-29-22-15-21(16-27-24(22)28-26(29)34)19-8-5-9-20(14-19)25(33)31-12-10-30(11-13-31)17-23(32)18-6-3-2-4-7-18/h2-9,14-16,23,32H,10-13,17H2,1H3,(H,27,28,34). The van der Waals surface area contributed by atoms with Crippen molar-refractivity contribution in [3.05, 3.63) is 88.5 Å². The number of fused-ring (bicyclic) bond motifs is 1. The van der Waals surface area contributed by atoms with E-state index in [9.17, 15) is 14.7 Å². The summed E-state index contributed by atoms with van der Waals surface area (Å²) in [5, 5.41) is 10.5. The molecule has 5 rings (SSSR count). The fourth-order valence-corrected chi connectivity index (χ4v) is 4.43. The molecule has 0 saturated carbocycles. The van der Waals surface area contributed by atoms with Gasteiger partial charge in [0.25, 0.3) is 5.91 Å². The molecule has 34 heavy (non-hydrogen) atoms. The lowest BCUT2D eigenvalue weighted by atomic mass is 10.0. The molecule has 0 bridgehead atoms. The molecule has 1 amide bonds. The number of aromatic nitrogens is 3. The second-order valence-electron chi connectivity index (χ2n) is 8.68. The summed E-state index contributed by atoms with van der Waals surface area (Å²) in [4.78, 5) is 36.2. The summed E-state index contributed by atoms with van der Waals surface area (Å²) in [6, 6.07) is 19.1. The molecule has 1 atom stereocenters. The van der Waals surface area contributed by atoms with Crippen LogP contribution < -0.4 is 5.69 Å². The highest BCUT2D eigenvalue weighted by atomic mass is 16.3. The van der Waals surface area contributed by atoms with E-state index in [4.69, 9.17) is 0 Å². The second kappa shape index (κ2) is 9.24. The molecule has 2 aromatic carbocycles. The van der Waals surface area contributed by atoms with Gasteiger partial charge in [-0.05, 0) is 29.3 Å². The highest BCUT2D eigenvalue weighted by Gasteiger charge is 2.24. The van der Waals surface area contributed by atoms with Gasteiger partial charge in [-0.2, -0.15) is 0 Å². The van der Waals surface area contributed by atoms with Gasteiger partial charge in [0.2, 0.25) is 0 Å². The number of imidazole rings is 1. The normalized spacial score (nSPS) is 15.5. The third kappa shape index (κ3) is 4.37. The smallest absolute Gasteiger partial charge is 0.327 e. The van der Waals surface area contributed by atoms with E-state index in [1.165, 1.54) is 4.57 Å². The fourth-order valence-electron chi connectivity index (χ4n) is 4.43. The number of aliphatic hydroxyl groups excluding tert-OH is 1. The Balaban J connectivity index is 1.26. The number of carbonyl (C=O) groups excluding carboxylic acids is 1. The lowest BCUT2D eigenvalue weighted by Gasteiger charge is -2.35. The number of piperazine rings is 1. The van der Waals surface area contributed by atoms with E-state index in [0.717, 1.165) is 29.8 Å². The van der Waals surface area contributed by atoms with Gasteiger partial charge in [-0.1, -0.05) is 42.5 Å². The summed E-state index contributed by atoms with van der Waals surface area (Å²) < 4.78 is 1.52. The highest BCUT2D eigenvalue weighted by molar-refractivity contribution is 5.95. The highest BCUT2D eigenvalue weighted by Crippen LogP contribution is 2.23. The van der Waals surface area contributed by atoms with Crippen molar-refractivity contribution in [1.29, 1.82) is 0 Å². The SMILES string of the molecule is Cn1c(=O)[nH]c2ncc(-c3cccc(C(=O)N4CCN(CC(O)c5ccccc5)CC4)c3)cc21. The molecular weight excluding hydrogens is 430 g/mol. The maximum absolute atomic E-state index is 13.2. The number of β-amino-alcohol motifs (C(OH)–C–C–N with tert-alkyl or cyclic N) is 1. The summed E-state index contributed by atoms with van der Waals surface area (Å²) in [6.45, 7) is 3.22. The number of aliphatic hydroxyl groups is 1. The Bertz CT molecular complexity index is 1370. The topological polar surface area (TPSA) is 94.5 Å². The van der Waals surface area contributed by atoms with Crippen LogP contribution in [0.25, 0.3) is 22.3 Å². The number of aryl methyl sites for hydroxylation is 1. The van der Waals surface area contributed by atoms with Crippen molar-refractivity contribution in [2.24, 2.45) is 7.05 Å². The third-order valence-corrected chi connectivity index (χ3v) is 6.48. The van der Waals surface area contributed by atoms with E-state index in [1.807, 2.05) is 65.6 Å². The molecule has 3 heterocycles. The Hall–Kier alpha value is -3.75. The number of benzene rings is 2. The Morgan fingerprint density at radius 2 is 1.79 bits per heavy atom. The van der Waals surface area contributed by atoms with Crippen LogP contribution >= 0.6 is 0 Å². The molecule has 1 aliphatic rings. The molecule has 1 unspecified atom stereocenters. The quantitative estimate of drug-likeness (QED) is 0.480. The average Bonchev–Trinajstić information content (AvgIpc) is 3.17. The lowest BCUT2D eigenvalue weighted by molar-refractivity contribution is 0.0527. The Kier molecular flexibility index (Phi) is 6.00. The molecule has 1 saturated heterocycles. The Labute approximate surface area is 197 Å². The fraction of sp³-hybridized carbons (Fsp3) is 0.269. The van der Waals surface area contributed by atoms with Crippen molar-refractivity contribution < 1.29 is 9.90 Å². The van der Waals surface area contributed by atoms with Crippen LogP contribution in [0.1, 0.15) is 22.0 Å². The van der Waals surface area contributed by atoms with Gasteiger partial charge in [0.15, 0.2) is 5.65 Å². The minimum atomic E-state index is -0.536. The Morgan fingerprint density at radius 1 is 1.03 bits per heavy atom. The summed E-state index contributed by atoms with van der Waals surface area (Å²) in [5.74, 6) is -0.00631. The summed E-state index contributed by atoms with van der Waals surface area (Å²) in [6.07, 6.45) is 1.17. The number of carbonyl (C=O) groups is 1. The number of rotatable bonds is 5. The average molecular weight is 458 g/mol. The van der Waals surface area contributed by atoms with Crippen LogP contribution in [0.2, 0.25) is 0 Å². The maximum Gasteiger partial charge on any atom is 0.327 e. The Morgan fingerprint density at radius 3 is 2.56 bits per heavy atom. The first-order valence-corrected chi connectivity index (χ1v) is 11.4. The van der Waals surface area contributed by atoms with Crippen molar-refractivity contribution >= 4 is 17.1 Å². The van der Waals surface area contributed by atoms with Gasteiger partial charge >= 0.3 is 5.69 Å². The molecule has 0 spiro atoms. The van der Waals surface area contributed by atoms with E-state index in [1.54, 1.807) is 13.2 Å². The zero-order valence-corrected chi connectivity index (χ0v) is 19.0. The number of H-pyrrole nitrogens is 1. The summed E-state index contributed by atoms with van der Waals surface area (Å²) in [7, 11) is 1.70. The largest absolute Gasteiger partial charge is 0.387 e. The van der Waals surface area contributed by atoms with Crippen LogP contribution in [0.5, 0.6) is 0 Å². The number of nitrogens with zero attached hydrogens (tertiary/aromatic N) is 4. The van der Waals surface area contributed by atoms with Gasteiger partial charge in [-0.15, -0.1) is 0 Å². The first-order valence-electron chi connectivity index (χ1n) is 11.4. The lowest BCUT2D eigenvalue weighted by Crippen LogP contribution is -2.49. The predicted octanol–water partition coefficient (Wildman–Crippen LogP) is 2.42. The van der Waals surface area contributed by atoms with Crippen LogP contribution in [0.15, 0.2) is 71.7 Å². The van der Waals surface area contributed by atoms with Crippen molar-refractivity contribution in [3.8, 4) is 11.1 Å². The molecule has 8 heteroatoms. The van der Waals surface area contributed by atoms with Gasteiger partial charge in [0.05, 0.1) is 11.6 Å². The van der Waals surface area contributed by atoms with Crippen molar-refractivity contribution in [3.63, 3.8) is 0 Å². The van der Waals surface area contributed by atoms with Crippen molar-refractivity contribution in [2.45, 2.75) is 6.10 Å². The van der Waals surface area contributed by atoms with E-state index in [0.29, 0.717) is 36.4 Å². The van der Waals surface area contributed by atoms with Gasteiger partial charge < -0.3 is 10.0 Å². The molecule has 0 radical (unpaired) electrons. The zero-order chi connectivity index (χ0) is 23.7. The van der Waals surface area contributed by atoms with E-state index in [2.05, 4.69) is 14.9 Å². The molecule has 2 aromatic heterocycles.